The van der Waals surface area contributed by atoms with Crippen molar-refractivity contribution in [1.82, 2.24) is 14.9 Å². The lowest BCUT2D eigenvalue weighted by atomic mass is 10.2. The normalized spacial score (nSPS) is 13.8. The van der Waals surface area contributed by atoms with Crippen LogP contribution in [0.25, 0.3) is 0 Å². The predicted molar refractivity (Wildman–Crippen MR) is 105 cm³/mol. The van der Waals surface area contributed by atoms with Gasteiger partial charge in [0.05, 0.1) is 0 Å². The highest BCUT2D eigenvalue weighted by molar-refractivity contribution is 6.03. The standard InChI is InChI=1S/C19H22N6O3/c1-13(26)21-15-3-5-16(6-4-15)22-18(28)17-7-8-20-19(23-17)25-11-9-24(10-12-25)14(2)27/h3-8H,9-12H2,1-2H3,(H,21,26)(H,22,28). The second-order valence-corrected chi connectivity index (χ2v) is 6.45. The summed E-state index contributed by atoms with van der Waals surface area (Å²) in [7, 11) is 0. The summed E-state index contributed by atoms with van der Waals surface area (Å²) in [6.07, 6.45) is 1.55. The fraction of sp³-hybridized carbons (Fsp3) is 0.316. The van der Waals surface area contributed by atoms with Crippen LogP contribution in [0.1, 0.15) is 24.3 Å². The molecule has 146 valence electrons. The Bertz CT molecular complexity index is 875. The van der Waals surface area contributed by atoms with E-state index in [0.29, 0.717) is 43.5 Å². The number of benzene rings is 1. The topological polar surface area (TPSA) is 108 Å². The Labute approximate surface area is 162 Å². The van der Waals surface area contributed by atoms with Crippen molar-refractivity contribution in [3.05, 3.63) is 42.2 Å². The Morgan fingerprint density at radius 1 is 0.893 bits per heavy atom. The van der Waals surface area contributed by atoms with E-state index in [1.807, 2.05) is 4.90 Å². The molecular formula is C19H22N6O3. The number of piperazine rings is 1. The van der Waals surface area contributed by atoms with Crippen LogP contribution in [0.4, 0.5) is 17.3 Å². The molecule has 1 aromatic heterocycles. The van der Waals surface area contributed by atoms with Gasteiger partial charge in [0.15, 0.2) is 0 Å². The zero-order valence-corrected chi connectivity index (χ0v) is 15.8. The van der Waals surface area contributed by atoms with E-state index in [0.717, 1.165) is 0 Å². The van der Waals surface area contributed by atoms with E-state index in [2.05, 4.69) is 20.6 Å². The maximum atomic E-state index is 12.5. The molecule has 0 spiro atoms. The Balaban J connectivity index is 1.64. The second-order valence-electron chi connectivity index (χ2n) is 6.45. The maximum absolute atomic E-state index is 12.5. The van der Waals surface area contributed by atoms with Gasteiger partial charge in [0.2, 0.25) is 17.8 Å². The van der Waals surface area contributed by atoms with Crippen molar-refractivity contribution in [3.8, 4) is 0 Å². The molecule has 2 aromatic rings. The van der Waals surface area contributed by atoms with Gasteiger partial charge >= 0.3 is 0 Å². The fourth-order valence-electron chi connectivity index (χ4n) is 2.88. The zero-order valence-electron chi connectivity index (χ0n) is 15.8. The van der Waals surface area contributed by atoms with Gasteiger partial charge in [-0.15, -0.1) is 0 Å². The van der Waals surface area contributed by atoms with Crippen LogP contribution in [0, 0.1) is 0 Å². The van der Waals surface area contributed by atoms with Gasteiger partial charge in [-0.3, -0.25) is 14.4 Å². The van der Waals surface area contributed by atoms with Crippen LogP contribution in [0.2, 0.25) is 0 Å². The zero-order chi connectivity index (χ0) is 20.1. The number of nitrogens with one attached hydrogen (secondary N) is 2. The summed E-state index contributed by atoms with van der Waals surface area (Å²) in [6, 6.07) is 8.36. The van der Waals surface area contributed by atoms with Crippen LogP contribution in [0.5, 0.6) is 0 Å². The van der Waals surface area contributed by atoms with E-state index in [1.54, 1.807) is 48.4 Å². The predicted octanol–water partition coefficient (Wildman–Crippen LogP) is 1.36. The van der Waals surface area contributed by atoms with E-state index in [4.69, 9.17) is 0 Å². The number of carbonyl (C=O) groups excluding carboxylic acids is 3. The molecule has 0 bridgehead atoms. The van der Waals surface area contributed by atoms with E-state index in [-0.39, 0.29) is 23.4 Å². The summed E-state index contributed by atoms with van der Waals surface area (Å²) in [6.45, 7) is 5.44. The van der Waals surface area contributed by atoms with Gasteiger partial charge < -0.3 is 20.4 Å². The molecule has 9 nitrogen and oxygen atoms in total. The van der Waals surface area contributed by atoms with Crippen molar-refractivity contribution in [3.63, 3.8) is 0 Å². The summed E-state index contributed by atoms with van der Waals surface area (Å²) < 4.78 is 0. The fourth-order valence-corrected chi connectivity index (χ4v) is 2.88. The molecule has 9 heteroatoms. The number of hydrogen-bond acceptors (Lipinski definition) is 6. The molecule has 0 radical (unpaired) electrons. The molecular weight excluding hydrogens is 360 g/mol. The highest BCUT2D eigenvalue weighted by atomic mass is 16.2. The van der Waals surface area contributed by atoms with E-state index in [9.17, 15) is 14.4 Å². The van der Waals surface area contributed by atoms with Gasteiger partial charge in [0.25, 0.3) is 5.91 Å². The van der Waals surface area contributed by atoms with E-state index < -0.39 is 0 Å². The third kappa shape index (κ3) is 4.81. The summed E-state index contributed by atoms with van der Waals surface area (Å²) >= 11 is 0. The molecule has 1 saturated heterocycles. The number of hydrogen-bond donors (Lipinski definition) is 2. The van der Waals surface area contributed by atoms with Crippen molar-refractivity contribution in [2.45, 2.75) is 13.8 Å². The molecule has 3 rings (SSSR count). The molecule has 1 aliphatic heterocycles. The molecule has 0 atom stereocenters. The first-order valence-electron chi connectivity index (χ1n) is 8.95. The maximum Gasteiger partial charge on any atom is 0.274 e. The van der Waals surface area contributed by atoms with Gasteiger partial charge in [-0.2, -0.15) is 0 Å². The first-order valence-corrected chi connectivity index (χ1v) is 8.95. The SMILES string of the molecule is CC(=O)Nc1ccc(NC(=O)c2ccnc(N3CCN(C(C)=O)CC3)n2)cc1. The number of rotatable bonds is 4. The lowest BCUT2D eigenvalue weighted by Gasteiger charge is -2.34. The molecule has 2 heterocycles. The Morgan fingerprint density at radius 2 is 1.50 bits per heavy atom. The van der Waals surface area contributed by atoms with E-state index in [1.165, 1.54) is 6.92 Å². The highest BCUT2D eigenvalue weighted by Gasteiger charge is 2.21. The largest absolute Gasteiger partial charge is 0.339 e. The summed E-state index contributed by atoms with van der Waals surface area (Å²) in [5.41, 5.74) is 1.50. The Hall–Kier alpha value is -3.49. The van der Waals surface area contributed by atoms with Gasteiger partial charge in [-0.25, -0.2) is 9.97 Å². The minimum atomic E-state index is -0.349. The smallest absolute Gasteiger partial charge is 0.274 e. The average molecular weight is 382 g/mol. The number of aromatic nitrogens is 2. The average Bonchev–Trinajstić information content (AvgIpc) is 2.69. The van der Waals surface area contributed by atoms with Crippen LogP contribution < -0.4 is 15.5 Å². The van der Waals surface area contributed by atoms with Crippen LogP contribution in [-0.4, -0.2) is 58.8 Å². The molecule has 1 fully saturated rings. The second kappa shape index (κ2) is 8.47. The van der Waals surface area contributed by atoms with Crippen molar-refractivity contribution in [2.75, 3.05) is 41.7 Å². The molecule has 28 heavy (non-hydrogen) atoms. The minimum absolute atomic E-state index is 0.0539. The highest BCUT2D eigenvalue weighted by Crippen LogP contribution is 2.16. The number of carbonyl (C=O) groups is 3. The third-order valence-corrected chi connectivity index (χ3v) is 4.35. The van der Waals surface area contributed by atoms with Crippen molar-refractivity contribution in [2.24, 2.45) is 0 Å². The number of nitrogens with zero attached hydrogens (tertiary/aromatic N) is 4. The Morgan fingerprint density at radius 3 is 2.07 bits per heavy atom. The molecule has 3 amide bonds. The van der Waals surface area contributed by atoms with Crippen LogP contribution in [0.15, 0.2) is 36.5 Å². The molecule has 1 aromatic carbocycles. The quantitative estimate of drug-likeness (QED) is 0.827. The first-order chi connectivity index (χ1) is 13.4. The molecule has 1 aliphatic rings. The monoisotopic (exact) mass is 382 g/mol. The van der Waals surface area contributed by atoms with Crippen LogP contribution >= 0.6 is 0 Å². The van der Waals surface area contributed by atoms with Gasteiger partial charge in [0.1, 0.15) is 5.69 Å². The number of anilines is 3. The summed E-state index contributed by atoms with van der Waals surface area (Å²) in [5.74, 6) is 0.0165. The van der Waals surface area contributed by atoms with Crippen LogP contribution in [-0.2, 0) is 9.59 Å². The lowest BCUT2D eigenvalue weighted by molar-refractivity contribution is -0.129. The molecule has 0 saturated carbocycles. The van der Waals surface area contributed by atoms with Gasteiger partial charge in [-0.1, -0.05) is 0 Å². The van der Waals surface area contributed by atoms with Gasteiger partial charge in [-0.05, 0) is 30.3 Å². The number of amides is 3. The Kier molecular flexibility index (Phi) is 5.83. The molecule has 0 aliphatic carbocycles. The summed E-state index contributed by atoms with van der Waals surface area (Å²) in [4.78, 5) is 47.3. The summed E-state index contributed by atoms with van der Waals surface area (Å²) in [5, 5.41) is 5.45. The van der Waals surface area contributed by atoms with Crippen molar-refractivity contribution in [1.29, 1.82) is 0 Å². The lowest BCUT2D eigenvalue weighted by Crippen LogP contribution is -2.48. The molecule has 2 N–H and O–H groups in total. The van der Waals surface area contributed by atoms with Crippen molar-refractivity contribution >= 4 is 35.0 Å². The molecule has 0 unspecified atom stereocenters. The van der Waals surface area contributed by atoms with Crippen molar-refractivity contribution < 1.29 is 14.4 Å². The van der Waals surface area contributed by atoms with E-state index >= 15 is 0 Å². The van der Waals surface area contributed by atoms with Crippen LogP contribution in [0.3, 0.4) is 0 Å². The minimum Gasteiger partial charge on any atom is -0.339 e. The first kappa shape index (κ1) is 19.3. The third-order valence-electron chi connectivity index (χ3n) is 4.35. The van der Waals surface area contributed by atoms with Gasteiger partial charge in [0, 0.05) is 57.6 Å².